The van der Waals surface area contributed by atoms with Crippen molar-refractivity contribution in [1.82, 2.24) is 9.88 Å². The molecular weight excluding hydrogens is 394 g/mol. The number of likely N-dealkylation sites (tertiary alicyclic amines) is 1. The fraction of sp³-hybridized carbons (Fsp3) is 0.375. The van der Waals surface area contributed by atoms with Gasteiger partial charge in [-0.2, -0.15) is 0 Å². The zero-order chi connectivity index (χ0) is 21.5. The van der Waals surface area contributed by atoms with Gasteiger partial charge < -0.3 is 15.1 Å². The first-order valence-electron chi connectivity index (χ1n) is 10.6. The molecule has 1 fully saturated rings. The molecule has 0 amide bonds. The molecule has 7 heteroatoms. The van der Waals surface area contributed by atoms with Gasteiger partial charge in [-0.3, -0.25) is 15.1 Å². The monoisotopic (exact) mass is 417 g/mol. The van der Waals surface area contributed by atoms with Crippen LogP contribution in [0.2, 0.25) is 0 Å². The van der Waals surface area contributed by atoms with E-state index in [1.165, 1.54) is 11.6 Å². The first kappa shape index (κ1) is 18.7. The lowest BCUT2D eigenvalue weighted by atomic mass is 9.49. The number of rotatable bonds is 1. The summed E-state index contributed by atoms with van der Waals surface area (Å²) < 4.78 is 0. The molecular formula is C24H23N3O4. The van der Waals surface area contributed by atoms with Gasteiger partial charge in [0, 0.05) is 36.1 Å². The molecule has 31 heavy (non-hydrogen) atoms. The van der Waals surface area contributed by atoms with Crippen molar-refractivity contribution in [2.24, 2.45) is 0 Å². The summed E-state index contributed by atoms with van der Waals surface area (Å²) in [4.78, 5) is 18.2. The maximum atomic E-state index is 12.3. The largest absolute Gasteiger partial charge is 0.508 e. The summed E-state index contributed by atoms with van der Waals surface area (Å²) in [7, 11) is 2.05. The van der Waals surface area contributed by atoms with E-state index in [1.807, 2.05) is 18.2 Å². The SMILES string of the molecule is CN1CC[C@]23Cc4nc5cccc([N+](=O)[O-])c5cc4C[C@@]2(O)[C@H]1Cc1ccc(O)cc13. The number of fused-ring (bicyclic) bond motifs is 3. The third-order valence-corrected chi connectivity index (χ3v) is 7.96. The van der Waals surface area contributed by atoms with Crippen LogP contribution >= 0.6 is 0 Å². The minimum atomic E-state index is -1.04. The molecule has 6 rings (SSSR count). The number of likely N-dealkylation sites (N-methyl/N-ethyl adjacent to an activating group) is 1. The Bertz CT molecular complexity index is 1280. The van der Waals surface area contributed by atoms with Crippen LogP contribution in [0.1, 0.15) is 28.8 Å². The number of piperidine rings is 1. The minimum absolute atomic E-state index is 0.0382. The molecule has 2 bridgehead atoms. The minimum Gasteiger partial charge on any atom is -0.508 e. The van der Waals surface area contributed by atoms with Gasteiger partial charge in [-0.25, -0.2) is 0 Å². The van der Waals surface area contributed by atoms with Crippen LogP contribution in [0.5, 0.6) is 5.75 Å². The Morgan fingerprint density at radius 1 is 1.19 bits per heavy atom. The second-order valence-corrected chi connectivity index (χ2v) is 9.35. The number of pyridine rings is 1. The standard InChI is InChI=1S/C24H23N3O4/c1-26-8-7-23-13-20-15(9-17-19(25-20)3-2-4-21(17)27(30)31)12-24(23,29)22(26)10-14-5-6-16(28)11-18(14)23/h2-6,9,11,22,28-29H,7-8,10,12-13H2,1H3/t22-,23-,24-/m1/s1. The van der Waals surface area contributed by atoms with E-state index in [-0.39, 0.29) is 22.4 Å². The third kappa shape index (κ3) is 2.33. The number of nitro benzene ring substituents is 1. The van der Waals surface area contributed by atoms with Crippen molar-refractivity contribution >= 4 is 16.6 Å². The van der Waals surface area contributed by atoms with Crippen LogP contribution in [0.25, 0.3) is 10.9 Å². The number of nitrogens with zero attached hydrogens (tertiary/aromatic N) is 3. The van der Waals surface area contributed by atoms with Crippen LogP contribution in [0.3, 0.4) is 0 Å². The van der Waals surface area contributed by atoms with Gasteiger partial charge in [0.2, 0.25) is 0 Å². The number of phenolic OH excluding ortho intramolecular Hbond substituents is 1. The van der Waals surface area contributed by atoms with Gasteiger partial charge in [-0.15, -0.1) is 0 Å². The Balaban J connectivity index is 1.61. The number of aliphatic hydroxyl groups is 1. The molecule has 2 aromatic carbocycles. The van der Waals surface area contributed by atoms with E-state index in [0.29, 0.717) is 30.2 Å². The van der Waals surface area contributed by atoms with Gasteiger partial charge >= 0.3 is 0 Å². The molecule has 1 saturated heterocycles. The molecule has 0 spiro atoms. The highest BCUT2D eigenvalue weighted by Crippen LogP contribution is 2.57. The highest BCUT2D eigenvalue weighted by atomic mass is 16.6. The number of benzene rings is 2. The van der Waals surface area contributed by atoms with Crippen molar-refractivity contribution in [2.75, 3.05) is 13.6 Å². The number of aromatic hydroxyl groups is 1. The fourth-order valence-corrected chi connectivity index (χ4v) is 6.44. The number of aromatic nitrogens is 1. The molecule has 2 N–H and O–H groups in total. The average Bonchev–Trinajstić information content (AvgIpc) is 2.73. The summed E-state index contributed by atoms with van der Waals surface area (Å²) in [5.74, 6) is 0.209. The van der Waals surface area contributed by atoms with Crippen LogP contribution < -0.4 is 0 Å². The third-order valence-electron chi connectivity index (χ3n) is 7.96. The summed E-state index contributed by atoms with van der Waals surface area (Å²) >= 11 is 0. The zero-order valence-electron chi connectivity index (χ0n) is 17.2. The summed E-state index contributed by atoms with van der Waals surface area (Å²) in [6, 6.07) is 12.3. The number of non-ortho nitro benzene ring substituents is 1. The number of hydrogen-bond donors (Lipinski definition) is 2. The highest BCUT2D eigenvalue weighted by molar-refractivity contribution is 5.88. The molecule has 1 aliphatic heterocycles. The summed E-state index contributed by atoms with van der Waals surface area (Å²) in [5.41, 5.74) is 3.02. The van der Waals surface area contributed by atoms with Gasteiger partial charge in [-0.05, 0) is 67.4 Å². The first-order valence-corrected chi connectivity index (χ1v) is 10.6. The molecule has 0 unspecified atom stereocenters. The predicted octanol–water partition coefficient (Wildman–Crippen LogP) is 2.88. The van der Waals surface area contributed by atoms with Gasteiger partial charge in [-0.1, -0.05) is 12.1 Å². The molecule has 2 aliphatic carbocycles. The van der Waals surface area contributed by atoms with Crippen molar-refractivity contribution in [3.63, 3.8) is 0 Å². The maximum Gasteiger partial charge on any atom is 0.278 e. The summed E-state index contributed by atoms with van der Waals surface area (Å²) in [6.45, 7) is 0.858. The molecule has 3 aliphatic rings. The summed E-state index contributed by atoms with van der Waals surface area (Å²) in [5, 5.41) is 34.6. The predicted molar refractivity (Wildman–Crippen MR) is 115 cm³/mol. The smallest absolute Gasteiger partial charge is 0.278 e. The van der Waals surface area contributed by atoms with Crippen molar-refractivity contribution in [3.8, 4) is 5.75 Å². The molecule has 7 nitrogen and oxygen atoms in total. The topological polar surface area (TPSA) is 99.7 Å². The van der Waals surface area contributed by atoms with E-state index in [2.05, 4.69) is 11.9 Å². The van der Waals surface area contributed by atoms with Crippen LogP contribution in [0, 0.1) is 10.1 Å². The molecule has 158 valence electrons. The second kappa shape index (κ2) is 6.02. The normalized spacial score (nSPS) is 29.2. The summed E-state index contributed by atoms with van der Waals surface area (Å²) in [6.07, 6.45) is 2.42. The lowest BCUT2D eigenvalue weighted by molar-refractivity contribution is -0.383. The lowest BCUT2D eigenvalue weighted by Gasteiger charge is -2.63. The van der Waals surface area contributed by atoms with Crippen LogP contribution in [0.15, 0.2) is 42.5 Å². The Morgan fingerprint density at radius 3 is 2.84 bits per heavy atom. The van der Waals surface area contributed by atoms with Crippen molar-refractivity contribution in [3.05, 3.63) is 75.0 Å². The molecule has 3 aromatic rings. The zero-order valence-corrected chi connectivity index (χ0v) is 17.2. The van der Waals surface area contributed by atoms with E-state index < -0.39 is 11.0 Å². The number of hydrogen-bond acceptors (Lipinski definition) is 6. The highest BCUT2D eigenvalue weighted by Gasteiger charge is 2.64. The van der Waals surface area contributed by atoms with Gasteiger partial charge in [0.15, 0.2) is 0 Å². The Labute approximate surface area is 179 Å². The Morgan fingerprint density at radius 2 is 2.03 bits per heavy atom. The van der Waals surface area contributed by atoms with Crippen molar-refractivity contribution in [2.45, 2.75) is 42.7 Å². The quantitative estimate of drug-likeness (QED) is 0.467. The Hall–Kier alpha value is -3.03. The van der Waals surface area contributed by atoms with E-state index in [0.717, 1.165) is 29.8 Å². The number of nitro groups is 1. The molecule has 1 aromatic heterocycles. The van der Waals surface area contributed by atoms with Crippen molar-refractivity contribution in [1.29, 1.82) is 0 Å². The van der Waals surface area contributed by atoms with Crippen LogP contribution in [0.4, 0.5) is 5.69 Å². The molecule has 0 radical (unpaired) electrons. The van der Waals surface area contributed by atoms with Gasteiger partial charge in [0.1, 0.15) is 5.75 Å². The lowest BCUT2D eigenvalue weighted by Crippen LogP contribution is -2.73. The van der Waals surface area contributed by atoms with Gasteiger partial charge in [0.05, 0.1) is 21.4 Å². The number of phenols is 1. The van der Waals surface area contributed by atoms with E-state index in [1.54, 1.807) is 18.2 Å². The van der Waals surface area contributed by atoms with E-state index in [9.17, 15) is 20.3 Å². The first-order chi connectivity index (χ1) is 14.8. The molecule has 3 atom stereocenters. The molecule has 2 heterocycles. The van der Waals surface area contributed by atoms with Crippen molar-refractivity contribution < 1.29 is 15.1 Å². The average molecular weight is 417 g/mol. The van der Waals surface area contributed by atoms with Crippen LogP contribution in [-0.4, -0.2) is 50.3 Å². The molecule has 0 saturated carbocycles. The maximum absolute atomic E-state index is 12.3. The van der Waals surface area contributed by atoms with E-state index in [4.69, 9.17) is 4.98 Å². The van der Waals surface area contributed by atoms with Gasteiger partial charge in [0.25, 0.3) is 5.69 Å². The fourth-order valence-electron chi connectivity index (χ4n) is 6.44. The Kier molecular flexibility index (Phi) is 3.63. The van der Waals surface area contributed by atoms with E-state index >= 15 is 0 Å². The van der Waals surface area contributed by atoms with Crippen LogP contribution in [-0.2, 0) is 24.7 Å². The second-order valence-electron chi connectivity index (χ2n) is 9.35.